The van der Waals surface area contributed by atoms with Gasteiger partial charge in [0.25, 0.3) is 5.91 Å². The number of hydrogen-bond donors (Lipinski definition) is 2. The maximum Gasteiger partial charge on any atom is 0.349 e. The van der Waals surface area contributed by atoms with E-state index >= 15 is 0 Å². The SMILES string of the molecule is CCOC(=O)c1cccc(NC(=O)[C@H](OC(=O)c2cccc(OC)c2)[C@H](OC(=O)c2cccc(OC)c2)C(=O)O)c1. The molecule has 3 aromatic rings. The fourth-order valence-corrected chi connectivity index (χ4v) is 3.51. The van der Waals surface area contributed by atoms with Gasteiger partial charge in [0.15, 0.2) is 0 Å². The van der Waals surface area contributed by atoms with Gasteiger partial charge in [0.2, 0.25) is 12.2 Å². The van der Waals surface area contributed by atoms with Crippen molar-refractivity contribution in [2.45, 2.75) is 19.1 Å². The highest BCUT2D eigenvalue weighted by Crippen LogP contribution is 2.20. The fraction of sp³-hybridized carbons (Fsp3) is 0.207. The Kier molecular flexibility index (Phi) is 10.4. The van der Waals surface area contributed by atoms with E-state index < -0.39 is 42.0 Å². The molecular weight excluding hydrogens is 538 g/mol. The fourth-order valence-electron chi connectivity index (χ4n) is 3.51. The summed E-state index contributed by atoms with van der Waals surface area (Å²) >= 11 is 0. The van der Waals surface area contributed by atoms with Gasteiger partial charge in [-0.25, -0.2) is 19.2 Å². The minimum atomic E-state index is -2.27. The third-order valence-corrected chi connectivity index (χ3v) is 5.50. The molecule has 41 heavy (non-hydrogen) atoms. The maximum absolute atomic E-state index is 13.4. The summed E-state index contributed by atoms with van der Waals surface area (Å²) in [4.78, 5) is 63.6. The van der Waals surface area contributed by atoms with Crippen molar-refractivity contribution in [3.05, 3.63) is 89.5 Å². The number of carboxylic acids is 1. The lowest BCUT2D eigenvalue weighted by Gasteiger charge is -2.24. The Bertz CT molecular complexity index is 1440. The molecule has 0 radical (unpaired) electrons. The first kappa shape index (κ1) is 30.2. The van der Waals surface area contributed by atoms with Crippen LogP contribution in [0.5, 0.6) is 11.5 Å². The van der Waals surface area contributed by atoms with Gasteiger partial charge >= 0.3 is 23.9 Å². The maximum atomic E-state index is 13.4. The van der Waals surface area contributed by atoms with Crippen molar-refractivity contribution in [2.24, 2.45) is 0 Å². The third kappa shape index (κ3) is 8.05. The number of anilines is 1. The van der Waals surface area contributed by atoms with Gasteiger partial charge in [-0.1, -0.05) is 18.2 Å². The Morgan fingerprint density at radius 1 is 0.707 bits per heavy atom. The van der Waals surface area contributed by atoms with Gasteiger partial charge < -0.3 is 34.1 Å². The summed E-state index contributed by atoms with van der Waals surface area (Å²) in [6.07, 6.45) is -4.43. The number of nitrogens with one attached hydrogen (secondary N) is 1. The molecule has 3 rings (SSSR count). The molecule has 214 valence electrons. The number of hydrogen-bond acceptors (Lipinski definition) is 10. The minimum Gasteiger partial charge on any atom is -0.497 e. The van der Waals surface area contributed by atoms with Crippen molar-refractivity contribution in [3.8, 4) is 11.5 Å². The number of ether oxygens (including phenoxy) is 5. The molecule has 0 fully saturated rings. The van der Waals surface area contributed by atoms with E-state index in [1.165, 1.54) is 74.9 Å². The average molecular weight is 566 g/mol. The van der Waals surface area contributed by atoms with Gasteiger partial charge in [-0.2, -0.15) is 0 Å². The summed E-state index contributed by atoms with van der Waals surface area (Å²) < 4.78 is 25.6. The smallest absolute Gasteiger partial charge is 0.349 e. The summed E-state index contributed by atoms with van der Waals surface area (Å²) in [6, 6.07) is 17.0. The zero-order valence-electron chi connectivity index (χ0n) is 22.3. The van der Waals surface area contributed by atoms with Crippen LogP contribution in [0, 0.1) is 0 Å². The minimum absolute atomic E-state index is 0.0604. The zero-order valence-corrected chi connectivity index (χ0v) is 22.3. The van der Waals surface area contributed by atoms with Crippen LogP contribution in [0.15, 0.2) is 72.8 Å². The van der Waals surface area contributed by atoms with E-state index in [1.807, 2.05) is 0 Å². The van der Waals surface area contributed by atoms with E-state index in [9.17, 15) is 29.1 Å². The Hall–Kier alpha value is -5.39. The summed E-state index contributed by atoms with van der Waals surface area (Å²) in [5.41, 5.74) is 0.0331. The van der Waals surface area contributed by atoms with Gasteiger partial charge in [0.1, 0.15) is 11.5 Å². The van der Waals surface area contributed by atoms with E-state index in [4.69, 9.17) is 23.7 Å². The second-order valence-corrected chi connectivity index (χ2v) is 8.24. The molecular formula is C29H27NO11. The second kappa shape index (κ2) is 14.1. The van der Waals surface area contributed by atoms with Crippen LogP contribution in [-0.2, 0) is 23.8 Å². The predicted octanol–water partition coefficient (Wildman–Crippen LogP) is 3.35. The number of rotatable bonds is 12. The van der Waals surface area contributed by atoms with Crippen molar-refractivity contribution in [2.75, 3.05) is 26.1 Å². The number of carbonyl (C=O) groups is 5. The van der Waals surface area contributed by atoms with Gasteiger partial charge in [0, 0.05) is 5.69 Å². The summed E-state index contributed by atoms with van der Waals surface area (Å²) in [7, 11) is 2.75. The van der Waals surface area contributed by atoms with Crippen LogP contribution in [0.1, 0.15) is 38.0 Å². The standard InChI is InChI=1S/C29H27NO11/c1-4-39-27(34)17-8-5-11-20(14-17)30-25(31)23(40-28(35)18-9-6-12-21(15-18)37-2)24(26(32)33)41-29(36)19-10-7-13-22(16-19)38-3/h5-16,23-24H,4H2,1-3H3,(H,30,31)(H,32,33)/t23-,24+/m1/s1. The molecule has 0 aliphatic carbocycles. The van der Waals surface area contributed by atoms with E-state index in [1.54, 1.807) is 19.1 Å². The van der Waals surface area contributed by atoms with E-state index in [0.29, 0.717) is 11.5 Å². The van der Waals surface area contributed by atoms with Crippen LogP contribution in [0.4, 0.5) is 5.69 Å². The van der Waals surface area contributed by atoms with Gasteiger partial charge in [-0.15, -0.1) is 0 Å². The van der Waals surface area contributed by atoms with E-state index in [0.717, 1.165) is 0 Å². The first-order valence-electron chi connectivity index (χ1n) is 12.2. The molecule has 1 amide bonds. The Morgan fingerprint density at radius 2 is 1.20 bits per heavy atom. The normalized spacial score (nSPS) is 11.8. The number of amides is 1. The Labute approximate surface area is 234 Å². The average Bonchev–Trinajstić information content (AvgIpc) is 2.98. The molecule has 0 saturated carbocycles. The monoisotopic (exact) mass is 565 g/mol. The van der Waals surface area contributed by atoms with Crippen LogP contribution in [0.3, 0.4) is 0 Å². The molecule has 0 aliphatic rings. The summed E-state index contributed by atoms with van der Waals surface area (Å²) in [5, 5.41) is 12.3. The first-order chi connectivity index (χ1) is 19.7. The lowest BCUT2D eigenvalue weighted by Crippen LogP contribution is -2.48. The van der Waals surface area contributed by atoms with Crippen LogP contribution < -0.4 is 14.8 Å². The molecule has 0 aliphatic heterocycles. The molecule has 0 aromatic heterocycles. The molecule has 0 heterocycles. The van der Waals surface area contributed by atoms with E-state index in [-0.39, 0.29) is 29.0 Å². The topological polar surface area (TPSA) is 164 Å². The highest BCUT2D eigenvalue weighted by Gasteiger charge is 2.41. The number of aliphatic carboxylic acids is 1. The highest BCUT2D eigenvalue weighted by molar-refractivity contribution is 6.02. The largest absolute Gasteiger partial charge is 0.497 e. The molecule has 3 aromatic carbocycles. The second-order valence-electron chi connectivity index (χ2n) is 8.24. The van der Waals surface area contributed by atoms with Crippen LogP contribution in [0.2, 0.25) is 0 Å². The van der Waals surface area contributed by atoms with Gasteiger partial charge in [-0.05, 0) is 61.5 Å². The zero-order chi connectivity index (χ0) is 29.9. The molecule has 0 bridgehead atoms. The van der Waals surface area contributed by atoms with Crippen molar-refractivity contribution in [1.82, 2.24) is 0 Å². The van der Waals surface area contributed by atoms with Crippen molar-refractivity contribution in [1.29, 1.82) is 0 Å². The van der Waals surface area contributed by atoms with Gasteiger partial charge in [-0.3, -0.25) is 4.79 Å². The lowest BCUT2D eigenvalue weighted by molar-refractivity contribution is -0.157. The molecule has 12 heteroatoms. The third-order valence-electron chi connectivity index (χ3n) is 5.50. The molecule has 0 unspecified atom stereocenters. The molecule has 12 nitrogen and oxygen atoms in total. The molecule has 0 spiro atoms. The Morgan fingerprint density at radius 3 is 1.68 bits per heavy atom. The number of benzene rings is 3. The van der Waals surface area contributed by atoms with Crippen molar-refractivity contribution >= 4 is 35.5 Å². The molecule has 2 atom stereocenters. The number of methoxy groups -OCH3 is 2. The Balaban J connectivity index is 1.94. The predicted molar refractivity (Wildman–Crippen MR) is 143 cm³/mol. The quantitative estimate of drug-likeness (QED) is 0.244. The number of carbonyl (C=O) groups excluding carboxylic acids is 4. The number of carboxylic acid groups (broad SMARTS) is 1. The molecule has 0 saturated heterocycles. The summed E-state index contributed by atoms with van der Waals surface area (Å²) in [6.45, 7) is 1.75. The van der Waals surface area contributed by atoms with Gasteiger partial charge in [0.05, 0.1) is 37.5 Å². The van der Waals surface area contributed by atoms with Crippen LogP contribution >= 0.6 is 0 Å². The summed E-state index contributed by atoms with van der Waals surface area (Å²) in [5.74, 6) is -5.17. The molecule has 2 N–H and O–H groups in total. The van der Waals surface area contributed by atoms with Crippen molar-refractivity contribution < 1.29 is 52.8 Å². The van der Waals surface area contributed by atoms with Crippen molar-refractivity contribution in [3.63, 3.8) is 0 Å². The first-order valence-corrected chi connectivity index (χ1v) is 12.2. The lowest BCUT2D eigenvalue weighted by atomic mass is 10.1. The highest BCUT2D eigenvalue weighted by atomic mass is 16.6. The van der Waals surface area contributed by atoms with Crippen LogP contribution in [-0.4, -0.2) is 67.9 Å². The van der Waals surface area contributed by atoms with E-state index in [2.05, 4.69) is 5.32 Å². The number of esters is 3. The van der Waals surface area contributed by atoms with Crippen LogP contribution in [0.25, 0.3) is 0 Å².